The van der Waals surface area contributed by atoms with Gasteiger partial charge >= 0.3 is 0 Å². The SMILES string of the molecule is CN=C(NCCCC(=O)N1Cc2ccccc2C1)NCCCn1c(C)nc2ccccc21.I. The number of hydrogen-bond acceptors (Lipinski definition) is 3. The van der Waals surface area contributed by atoms with E-state index in [9.17, 15) is 4.79 Å². The molecule has 0 unspecified atom stereocenters. The lowest BCUT2D eigenvalue weighted by Gasteiger charge is -2.16. The van der Waals surface area contributed by atoms with E-state index in [-0.39, 0.29) is 29.9 Å². The van der Waals surface area contributed by atoms with Crippen molar-refractivity contribution < 1.29 is 4.79 Å². The van der Waals surface area contributed by atoms with Crippen molar-refractivity contribution >= 4 is 46.9 Å². The third-order valence-corrected chi connectivity index (χ3v) is 5.97. The molecular weight excluding hydrogens is 527 g/mol. The molecule has 176 valence electrons. The van der Waals surface area contributed by atoms with Crippen molar-refractivity contribution in [1.29, 1.82) is 0 Å². The quantitative estimate of drug-likeness (QED) is 0.190. The summed E-state index contributed by atoms with van der Waals surface area (Å²) < 4.78 is 2.26. The van der Waals surface area contributed by atoms with Crippen LogP contribution in [0.4, 0.5) is 0 Å². The molecule has 8 heteroatoms. The summed E-state index contributed by atoms with van der Waals surface area (Å²) >= 11 is 0. The average molecular weight is 560 g/mol. The van der Waals surface area contributed by atoms with E-state index in [1.807, 2.05) is 23.1 Å². The van der Waals surface area contributed by atoms with E-state index in [0.29, 0.717) is 6.42 Å². The van der Waals surface area contributed by atoms with Crippen LogP contribution < -0.4 is 10.6 Å². The van der Waals surface area contributed by atoms with E-state index in [1.54, 1.807) is 7.05 Å². The molecule has 2 N–H and O–H groups in total. The molecule has 1 amide bonds. The van der Waals surface area contributed by atoms with Gasteiger partial charge in [0.2, 0.25) is 5.91 Å². The zero-order valence-electron chi connectivity index (χ0n) is 19.4. The molecule has 4 rings (SSSR count). The minimum Gasteiger partial charge on any atom is -0.356 e. The number of aliphatic imine (C=N–C) groups is 1. The van der Waals surface area contributed by atoms with Crippen LogP contribution in [-0.2, 0) is 24.4 Å². The summed E-state index contributed by atoms with van der Waals surface area (Å²) in [6.07, 6.45) is 2.30. The van der Waals surface area contributed by atoms with Gasteiger partial charge in [0.1, 0.15) is 5.82 Å². The van der Waals surface area contributed by atoms with E-state index >= 15 is 0 Å². The summed E-state index contributed by atoms with van der Waals surface area (Å²) in [5.41, 5.74) is 4.76. The predicted molar refractivity (Wildman–Crippen MR) is 144 cm³/mol. The summed E-state index contributed by atoms with van der Waals surface area (Å²) in [6.45, 7) is 5.96. The van der Waals surface area contributed by atoms with Gasteiger partial charge < -0.3 is 20.1 Å². The van der Waals surface area contributed by atoms with Crippen LogP contribution in [0, 0.1) is 6.92 Å². The van der Waals surface area contributed by atoms with Gasteiger partial charge in [-0.1, -0.05) is 36.4 Å². The highest BCUT2D eigenvalue weighted by atomic mass is 127. The molecule has 0 aliphatic carbocycles. The van der Waals surface area contributed by atoms with E-state index in [2.05, 4.69) is 62.4 Å². The fourth-order valence-electron chi connectivity index (χ4n) is 4.26. The number of aryl methyl sites for hydroxylation is 2. The second-order valence-electron chi connectivity index (χ2n) is 8.20. The van der Waals surface area contributed by atoms with Gasteiger partial charge in [0.15, 0.2) is 5.96 Å². The standard InChI is InChI=1S/C25H32N6O.HI/c1-19-29-22-11-5-6-12-23(22)31(19)16-8-15-28-25(26-2)27-14-7-13-24(32)30-17-20-9-3-4-10-21(20)18-30;/h3-6,9-12H,7-8,13-18H2,1-2H3,(H2,26,27,28);1H. The van der Waals surface area contributed by atoms with Crippen LogP contribution in [0.2, 0.25) is 0 Å². The zero-order valence-corrected chi connectivity index (χ0v) is 21.7. The molecule has 33 heavy (non-hydrogen) atoms. The number of guanidine groups is 1. The third kappa shape index (κ3) is 6.25. The molecular formula is C25H33IN6O. The summed E-state index contributed by atoms with van der Waals surface area (Å²) in [6, 6.07) is 16.5. The van der Waals surface area contributed by atoms with Crippen LogP contribution in [0.3, 0.4) is 0 Å². The van der Waals surface area contributed by atoms with Crippen molar-refractivity contribution in [2.24, 2.45) is 4.99 Å². The number of benzene rings is 2. The number of nitrogens with one attached hydrogen (secondary N) is 2. The molecule has 0 saturated carbocycles. The number of halogens is 1. The van der Waals surface area contributed by atoms with Gasteiger partial charge in [-0.3, -0.25) is 9.79 Å². The van der Waals surface area contributed by atoms with Crippen LogP contribution in [0.15, 0.2) is 53.5 Å². The van der Waals surface area contributed by atoms with Crippen molar-refractivity contribution in [3.05, 3.63) is 65.5 Å². The van der Waals surface area contributed by atoms with Gasteiger partial charge in [0.05, 0.1) is 11.0 Å². The maximum Gasteiger partial charge on any atom is 0.223 e. The zero-order chi connectivity index (χ0) is 22.3. The Balaban J connectivity index is 0.00000306. The van der Waals surface area contributed by atoms with Gasteiger partial charge in [-0.05, 0) is 43.0 Å². The van der Waals surface area contributed by atoms with Crippen LogP contribution in [-0.4, -0.2) is 46.5 Å². The smallest absolute Gasteiger partial charge is 0.223 e. The number of aromatic nitrogens is 2. The molecule has 0 saturated heterocycles. The monoisotopic (exact) mass is 560 g/mol. The second kappa shape index (κ2) is 12.0. The summed E-state index contributed by atoms with van der Waals surface area (Å²) in [4.78, 5) is 23.4. The third-order valence-electron chi connectivity index (χ3n) is 5.97. The van der Waals surface area contributed by atoms with Crippen LogP contribution in [0.5, 0.6) is 0 Å². The number of imidazole rings is 1. The van der Waals surface area contributed by atoms with Gasteiger partial charge in [0, 0.05) is 46.2 Å². The molecule has 0 radical (unpaired) electrons. The van der Waals surface area contributed by atoms with Crippen LogP contribution in [0.1, 0.15) is 36.2 Å². The Bertz CT molecular complexity index is 1080. The number of para-hydroxylation sites is 2. The van der Waals surface area contributed by atoms with Gasteiger partial charge in [-0.15, -0.1) is 24.0 Å². The van der Waals surface area contributed by atoms with Crippen molar-refractivity contribution in [3.63, 3.8) is 0 Å². The first-order valence-corrected chi connectivity index (χ1v) is 11.4. The number of nitrogens with zero attached hydrogens (tertiary/aromatic N) is 4. The molecule has 1 aromatic heterocycles. The van der Waals surface area contributed by atoms with E-state index in [4.69, 9.17) is 0 Å². The fourth-order valence-corrected chi connectivity index (χ4v) is 4.26. The van der Waals surface area contributed by atoms with Gasteiger partial charge in [-0.2, -0.15) is 0 Å². The lowest BCUT2D eigenvalue weighted by atomic mass is 10.1. The first-order chi connectivity index (χ1) is 15.7. The summed E-state index contributed by atoms with van der Waals surface area (Å²) in [5.74, 6) is 2.03. The van der Waals surface area contributed by atoms with Crippen molar-refractivity contribution in [1.82, 2.24) is 25.1 Å². The maximum atomic E-state index is 12.5. The number of amides is 1. The highest BCUT2D eigenvalue weighted by molar-refractivity contribution is 14.0. The number of carbonyl (C=O) groups is 1. The topological polar surface area (TPSA) is 74.6 Å². The molecule has 0 bridgehead atoms. The molecule has 7 nitrogen and oxygen atoms in total. The molecule has 2 heterocycles. The Kier molecular flexibility index (Phi) is 9.11. The van der Waals surface area contributed by atoms with E-state index in [0.717, 1.165) is 62.9 Å². The largest absolute Gasteiger partial charge is 0.356 e. The highest BCUT2D eigenvalue weighted by Gasteiger charge is 2.22. The van der Waals surface area contributed by atoms with E-state index < -0.39 is 0 Å². The Morgan fingerprint density at radius 2 is 1.64 bits per heavy atom. The normalized spacial score (nSPS) is 13.0. The average Bonchev–Trinajstić information content (AvgIpc) is 3.38. The lowest BCUT2D eigenvalue weighted by molar-refractivity contribution is -0.131. The second-order valence-corrected chi connectivity index (χ2v) is 8.20. The number of hydrogen-bond donors (Lipinski definition) is 2. The Hall–Kier alpha value is -2.62. The Morgan fingerprint density at radius 1 is 1.00 bits per heavy atom. The first kappa shape index (κ1) is 25.0. The van der Waals surface area contributed by atoms with E-state index in [1.165, 1.54) is 16.6 Å². The molecule has 1 aliphatic rings. The number of fused-ring (bicyclic) bond motifs is 2. The molecule has 1 aliphatic heterocycles. The Labute approximate surface area is 212 Å². The lowest BCUT2D eigenvalue weighted by Crippen LogP contribution is -2.38. The Morgan fingerprint density at radius 3 is 2.33 bits per heavy atom. The number of rotatable bonds is 8. The predicted octanol–water partition coefficient (Wildman–Crippen LogP) is 3.84. The minimum atomic E-state index is 0. The molecule has 0 atom stereocenters. The van der Waals surface area contributed by atoms with Crippen molar-refractivity contribution in [3.8, 4) is 0 Å². The molecule has 0 spiro atoms. The van der Waals surface area contributed by atoms with Gasteiger partial charge in [0.25, 0.3) is 0 Å². The molecule has 3 aromatic rings. The van der Waals surface area contributed by atoms with Crippen LogP contribution in [0.25, 0.3) is 11.0 Å². The minimum absolute atomic E-state index is 0. The van der Waals surface area contributed by atoms with Crippen molar-refractivity contribution in [2.45, 2.75) is 45.8 Å². The van der Waals surface area contributed by atoms with Crippen molar-refractivity contribution in [2.75, 3.05) is 20.1 Å². The fraction of sp³-hybridized carbons (Fsp3) is 0.400. The van der Waals surface area contributed by atoms with Gasteiger partial charge in [-0.25, -0.2) is 4.98 Å². The molecule has 0 fully saturated rings. The maximum absolute atomic E-state index is 12.5. The number of carbonyl (C=O) groups excluding carboxylic acids is 1. The summed E-state index contributed by atoms with van der Waals surface area (Å²) in [7, 11) is 1.77. The van der Waals surface area contributed by atoms with Crippen LogP contribution >= 0.6 is 24.0 Å². The highest BCUT2D eigenvalue weighted by Crippen LogP contribution is 2.22. The first-order valence-electron chi connectivity index (χ1n) is 11.4. The summed E-state index contributed by atoms with van der Waals surface area (Å²) in [5, 5.41) is 6.68. The molecule has 2 aromatic carbocycles.